The molecule has 2 aromatic rings. The van der Waals surface area contributed by atoms with Crippen molar-refractivity contribution in [1.82, 2.24) is 9.80 Å². The molecule has 0 radical (unpaired) electrons. The maximum absolute atomic E-state index is 13.1. The Kier molecular flexibility index (Phi) is 8.39. The fourth-order valence-corrected chi connectivity index (χ4v) is 4.14. The maximum atomic E-state index is 13.1. The number of hydrogen-bond donors (Lipinski definition) is 1. The maximum Gasteiger partial charge on any atom is 0.573 e. The molecule has 0 aliphatic carbocycles. The van der Waals surface area contributed by atoms with Crippen LogP contribution < -0.4 is 10.5 Å². The Hall–Kier alpha value is -3.11. The number of primary amides is 1. The summed E-state index contributed by atoms with van der Waals surface area (Å²) in [5.74, 6) is -2.00. The lowest BCUT2D eigenvalue weighted by molar-refractivity contribution is -0.274. The van der Waals surface area contributed by atoms with Gasteiger partial charge in [-0.05, 0) is 54.0 Å². The Balaban J connectivity index is 1.71. The van der Waals surface area contributed by atoms with Crippen molar-refractivity contribution in [2.45, 2.75) is 32.3 Å². The predicted octanol–water partition coefficient (Wildman–Crippen LogP) is 4.15. The predicted molar refractivity (Wildman–Crippen MR) is 123 cm³/mol. The first kappa shape index (κ1) is 26.5. The zero-order valence-corrected chi connectivity index (χ0v) is 19.6. The van der Waals surface area contributed by atoms with E-state index < -0.39 is 18.0 Å². The van der Waals surface area contributed by atoms with E-state index in [0.29, 0.717) is 26.2 Å². The van der Waals surface area contributed by atoms with Gasteiger partial charge in [0, 0.05) is 38.3 Å². The minimum atomic E-state index is -4.96. The minimum absolute atomic E-state index is 0.138. The molecule has 2 aromatic carbocycles. The van der Waals surface area contributed by atoms with Crippen LogP contribution in [0, 0.1) is 5.82 Å². The second-order valence-electron chi connectivity index (χ2n) is 8.25. The van der Waals surface area contributed by atoms with Gasteiger partial charge in [0.15, 0.2) is 0 Å². The molecular formula is C24H24ClF4N3O3. The first-order chi connectivity index (χ1) is 16.4. The molecule has 0 saturated carbocycles. The normalized spacial score (nSPS) is 17.1. The van der Waals surface area contributed by atoms with Crippen molar-refractivity contribution in [2.75, 3.05) is 19.6 Å². The van der Waals surface area contributed by atoms with Gasteiger partial charge in [-0.25, -0.2) is 4.39 Å². The first-order valence-electron chi connectivity index (χ1n) is 10.7. The highest BCUT2D eigenvalue weighted by Gasteiger charge is 2.32. The zero-order valence-electron chi connectivity index (χ0n) is 18.8. The van der Waals surface area contributed by atoms with Crippen LogP contribution in [0.3, 0.4) is 0 Å². The van der Waals surface area contributed by atoms with E-state index in [0.717, 1.165) is 17.7 Å². The SMILES string of the molecule is CC1CN(Cc2ccc(F)cc2)CCN1C(=O)C=Cc1cc(OC(F)(F)F)c(Cl)cc1CC(N)=O. The summed E-state index contributed by atoms with van der Waals surface area (Å²) in [5, 5.41) is -0.340. The second kappa shape index (κ2) is 11.1. The third-order valence-electron chi connectivity index (χ3n) is 5.50. The fourth-order valence-electron chi connectivity index (χ4n) is 3.92. The van der Waals surface area contributed by atoms with Crippen LogP contribution in [0.15, 0.2) is 42.5 Å². The molecule has 1 aliphatic heterocycles. The van der Waals surface area contributed by atoms with Gasteiger partial charge in [0.2, 0.25) is 11.8 Å². The molecule has 6 nitrogen and oxygen atoms in total. The molecule has 1 aliphatic rings. The molecule has 1 atom stereocenters. The third-order valence-corrected chi connectivity index (χ3v) is 5.80. The summed E-state index contributed by atoms with van der Waals surface area (Å²) < 4.78 is 55.1. The largest absolute Gasteiger partial charge is 0.573 e. The van der Waals surface area contributed by atoms with Gasteiger partial charge in [-0.15, -0.1) is 13.2 Å². The van der Waals surface area contributed by atoms with E-state index in [4.69, 9.17) is 17.3 Å². The Labute approximate surface area is 204 Å². The van der Waals surface area contributed by atoms with E-state index in [-0.39, 0.29) is 40.3 Å². The number of alkyl halides is 3. The van der Waals surface area contributed by atoms with Gasteiger partial charge in [-0.2, -0.15) is 0 Å². The van der Waals surface area contributed by atoms with Gasteiger partial charge in [0.25, 0.3) is 0 Å². The molecule has 1 saturated heterocycles. The number of hydrogen-bond acceptors (Lipinski definition) is 4. The highest BCUT2D eigenvalue weighted by molar-refractivity contribution is 6.32. The van der Waals surface area contributed by atoms with Gasteiger partial charge < -0.3 is 15.4 Å². The number of piperazine rings is 1. The van der Waals surface area contributed by atoms with Crippen molar-refractivity contribution in [2.24, 2.45) is 5.73 Å². The number of amides is 2. The minimum Gasteiger partial charge on any atom is -0.404 e. The molecule has 0 bridgehead atoms. The molecule has 1 unspecified atom stereocenters. The summed E-state index contributed by atoms with van der Waals surface area (Å²) in [6, 6.07) is 8.27. The smallest absolute Gasteiger partial charge is 0.404 e. The van der Waals surface area contributed by atoms with Gasteiger partial charge in [0.1, 0.15) is 11.6 Å². The van der Waals surface area contributed by atoms with Crippen LogP contribution in [0.25, 0.3) is 6.08 Å². The Morgan fingerprint density at radius 1 is 1.20 bits per heavy atom. The van der Waals surface area contributed by atoms with Crippen molar-refractivity contribution in [1.29, 1.82) is 0 Å². The average molecular weight is 514 g/mol. The number of carbonyl (C=O) groups is 2. The summed E-state index contributed by atoms with van der Waals surface area (Å²) in [5.41, 5.74) is 6.61. The van der Waals surface area contributed by atoms with Crippen LogP contribution in [0.1, 0.15) is 23.6 Å². The standard InChI is InChI=1S/C24H24ClF4N3O3/c1-15-13-31(14-16-2-5-19(26)6-3-16)8-9-32(15)23(34)7-4-17-11-21(35-24(27,28)29)20(25)10-18(17)12-22(30)33/h2-7,10-11,15H,8-9,12-14H2,1H3,(H2,30,33). The highest BCUT2D eigenvalue weighted by atomic mass is 35.5. The van der Waals surface area contributed by atoms with E-state index in [9.17, 15) is 27.2 Å². The number of benzene rings is 2. The van der Waals surface area contributed by atoms with Crippen LogP contribution in [0.4, 0.5) is 17.6 Å². The first-order valence-corrected chi connectivity index (χ1v) is 11.1. The summed E-state index contributed by atoms with van der Waals surface area (Å²) in [6.45, 7) is 4.13. The van der Waals surface area contributed by atoms with Gasteiger partial charge in [-0.1, -0.05) is 23.7 Å². The summed E-state index contributed by atoms with van der Waals surface area (Å²) in [7, 11) is 0. The van der Waals surface area contributed by atoms with Crippen LogP contribution >= 0.6 is 11.6 Å². The van der Waals surface area contributed by atoms with Crippen molar-refractivity contribution in [3.63, 3.8) is 0 Å². The van der Waals surface area contributed by atoms with E-state index in [1.165, 1.54) is 24.3 Å². The third kappa shape index (κ3) is 7.69. The quantitative estimate of drug-likeness (QED) is 0.446. The number of ether oxygens (including phenoxy) is 1. The Morgan fingerprint density at radius 3 is 2.49 bits per heavy atom. The molecular weight excluding hydrogens is 490 g/mol. The van der Waals surface area contributed by atoms with E-state index in [2.05, 4.69) is 9.64 Å². The lowest BCUT2D eigenvalue weighted by Gasteiger charge is -2.39. The number of carbonyl (C=O) groups excluding carboxylic acids is 2. The second-order valence-corrected chi connectivity index (χ2v) is 8.66. The van der Waals surface area contributed by atoms with Crippen LogP contribution in [-0.2, 0) is 22.6 Å². The molecule has 0 aromatic heterocycles. The molecule has 1 fully saturated rings. The lowest BCUT2D eigenvalue weighted by Crippen LogP contribution is -2.53. The monoisotopic (exact) mass is 513 g/mol. The fraction of sp³-hybridized carbons (Fsp3) is 0.333. The zero-order chi connectivity index (χ0) is 25.8. The van der Waals surface area contributed by atoms with Crippen molar-refractivity contribution in [3.05, 3.63) is 70.0 Å². The molecule has 2 N–H and O–H groups in total. The van der Waals surface area contributed by atoms with E-state index >= 15 is 0 Å². The summed E-state index contributed by atoms with van der Waals surface area (Å²) in [4.78, 5) is 28.0. The number of halogens is 5. The molecule has 1 heterocycles. The van der Waals surface area contributed by atoms with Crippen LogP contribution in [0.2, 0.25) is 5.02 Å². The van der Waals surface area contributed by atoms with Crippen LogP contribution in [0.5, 0.6) is 5.75 Å². The van der Waals surface area contributed by atoms with Crippen molar-refractivity contribution < 1.29 is 31.9 Å². The molecule has 188 valence electrons. The van der Waals surface area contributed by atoms with Gasteiger partial charge >= 0.3 is 6.36 Å². The van der Waals surface area contributed by atoms with Gasteiger partial charge in [-0.3, -0.25) is 14.5 Å². The molecule has 11 heteroatoms. The summed E-state index contributed by atoms with van der Waals surface area (Å²) >= 11 is 5.87. The molecule has 2 amide bonds. The van der Waals surface area contributed by atoms with Crippen LogP contribution in [-0.4, -0.2) is 53.7 Å². The molecule has 3 rings (SSSR count). The topological polar surface area (TPSA) is 75.9 Å². The highest BCUT2D eigenvalue weighted by Crippen LogP contribution is 2.33. The summed E-state index contributed by atoms with van der Waals surface area (Å²) in [6.07, 6.45) is -2.69. The van der Waals surface area contributed by atoms with E-state index in [1.54, 1.807) is 17.0 Å². The van der Waals surface area contributed by atoms with Gasteiger partial charge in [0.05, 0.1) is 11.4 Å². The Bertz CT molecular complexity index is 1110. The Morgan fingerprint density at radius 2 is 1.89 bits per heavy atom. The van der Waals surface area contributed by atoms with Crippen molar-refractivity contribution >= 4 is 29.5 Å². The number of nitrogens with two attached hydrogens (primary N) is 1. The molecule has 0 spiro atoms. The number of rotatable bonds is 7. The lowest BCUT2D eigenvalue weighted by atomic mass is 10.0. The molecule has 35 heavy (non-hydrogen) atoms. The van der Waals surface area contributed by atoms with Crippen molar-refractivity contribution in [3.8, 4) is 5.75 Å². The number of nitrogens with zero attached hydrogens (tertiary/aromatic N) is 2. The average Bonchev–Trinajstić information content (AvgIpc) is 2.75. The van der Waals surface area contributed by atoms with E-state index in [1.807, 2.05) is 6.92 Å².